The molecule has 12 heteroatoms. The molecule has 6 atom stereocenters. The average molecular weight is 684 g/mol. The Bertz CT molecular complexity index is 1160. The molecule has 0 aliphatic heterocycles. The number of unbranched alkanes of at least 4 members (excludes halogenated alkanes) is 6. The third kappa shape index (κ3) is 8.96. The quantitative estimate of drug-likeness (QED) is 0.0751. The number of hydrogen-bond acceptors (Lipinski definition) is 3. The Morgan fingerprint density at radius 2 is 1.59 bits per heavy atom. The lowest BCUT2D eigenvalue weighted by molar-refractivity contribution is -0.284. The summed E-state index contributed by atoms with van der Waals surface area (Å²) in [6, 6.07) is 4.40. The molecule has 1 aromatic carbocycles. The van der Waals surface area contributed by atoms with Crippen molar-refractivity contribution < 1.29 is 44.4 Å². The highest BCUT2D eigenvalue weighted by molar-refractivity contribution is 7.99. The molecule has 262 valence electrons. The highest BCUT2D eigenvalue weighted by Gasteiger charge is 2.58. The zero-order valence-corrected chi connectivity index (χ0v) is 27.8. The van der Waals surface area contributed by atoms with Crippen LogP contribution in [-0.4, -0.2) is 42.7 Å². The van der Waals surface area contributed by atoms with Crippen molar-refractivity contribution in [3.05, 3.63) is 29.3 Å². The van der Waals surface area contributed by atoms with Crippen molar-refractivity contribution in [2.75, 3.05) is 11.5 Å². The van der Waals surface area contributed by atoms with E-state index in [0.29, 0.717) is 29.9 Å². The Kier molecular flexibility index (Phi) is 12.5. The minimum absolute atomic E-state index is 0.106. The van der Waals surface area contributed by atoms with Gasteiger partial charge in [0, 0.05) is 18.8 Å². The average Bonchev–Trinajstić information content (AvgIpc) is 3.29. The first-order valence-electron chi connectivity index (χ1n) is 17.1. The van der Waals surface area contributed by atoms with Crippen molar-refractivity contribution >= 4 is 30.2 Å². The fourth-order valence-electron chi connectivity index (χ4n) is 8.78. The first-order valence-corrected chi connectivity index (χ1v) is 18.2. The Balaban J connectivity index is 1.24. The lowest BCUT2D eigenvalue weighted by Gasteiger charge is -2.53. The van der Waals surface area contributed by atoms with Gasteiger partial charge in [-0.25, -0.2) is 0 Å². The van der Waals surface area contributed by atoms with Crippen molar-refractivity contribution in [3.63, 3.8) is 0 Å². The summed E-state index contributed by atoms with van der Waals surface area (Å²) in [5.74, 6) is -2.56. The summed E-state index contributed by atoms with van der Waals surface area (Å²) >= 11 is 1.42. The Morgan fingerprint density at radius 1 is 0.935 bits per heavy atom. The molecule has 2 nitrogen and oxygen atoms in total. The van der Waals surface area contributed by atoms with Crippen molar-refractivity contribution in [2.45, 2.75) is 134 Å². The minimum Gasteiger partial charge on any atom is -0.462 e. The molecule has 0 saturated heterocycles. The van der Waals surface area contributed by atoms with E-state index in [2.05, 4.69) is 6.92 Å². The minimum atomic E-state index is -5.48. The SMILES string of the molecule is CC(=O)O[C@H]1CC[C@H]2[C@@H]3[C@H](CCCCCCCCCSCCCC(F)(F)C(F)(F)F)Cc4cc([B-](F)(F)F)ccc4[C@H]3CC[C@]12C. The topological polar surface area (TPSA) is 26.3 Å². The van der Waals surface area contributed by atoms with Crippen LogP contribution >= 0.6 is 11.8 Å². The van der Waals surface area contributed by atoms with Crippen LogP contribution in [0.5, 0.6) is 0 Å². The van der Waals surface area contributed by atoms with Crippen LogP contribution in [0.1, 0.15) is 121 Å². The van der Waals surface area contributed by atoms with Crippen LogP contribution in [0.15, 0.2) is 18.2 Å². The van der Waals surface area contributed by atoms with Gasteiger partial charge in [-0.15, -0.1) is 5.46 Å². The number of benzene rings is 1. The van der Waals surface area contributed by atoms with Gasteiger partial charge in [-0.05, 0) is 97.7 Å². The Hall–Kier alpha value is -1.46. The summed E-state index contributed by atoms with van der Waals surface area (Å²) in [5.41, 5.74) is 1.31. The van der Waals surface area contributed by atoms with Crippen molar-refractivity contribution in [2.24, 2.45) is 23.2 Å². The highest BCUT2D eigenvalue weighted by atomic mass is 32.2. The van der Waals surface area contributed by atoms with Crippen molar-refractivity contribution in [1.82, 2.24) is 0 Å². The van der Waals surface area contributed by atoms with Crippen LogP contribution in [0.2, 0.25) is 0 Å². The number of alkyl halides is 5. The lowest BCUT2D eigenvalue weighted by Crippen LogP contribution is -2.48. The summed E-state index contributed by atoms with van der Waals surface area (Å²) in [5, 5.41) is 0. The monoisotopic (exact) mass is 683 g/mol. The van der Waals surface area contributed by atoms with Gasteiger partial charge in [0.25, 0.3) is 0 Å². The number of ether oxygens (including phenoxy) is 1. The molecule has 0 heterocycles. The standard InChI is InChI=1S/C34H48BF8O2S/c1-23(44)45-30-15-14-29-31-24(11-8-6-4-3-5-7-9-19-46-20-10-17-33(36,37)34(38,39)40)21-25-22-26(35(41,42)43)12-13-27(25)28(31)16-18-32(29,30)2/h12-13,22,24,28-31H,3-11,14-21H2,1-2H3/q-1/t24-,28-,29+,30+,31-,32+/m1/s1. The van der Waals surface area contributed by atoms with E-state index in [4.69, 9.17) is 4.74 Å². The molecule has 46 heavy (non-hydrogen) atoms. The maximum Gasteiger partial charge on any atom is 0.509 e. The molecule has 3 aliphatic rings. The van der Waals surface area contributed by atoms with E-state index in [1.54, 1.807) is 6.07 Å². The number of carbonyl (C=O) groups excluding carboxylic acids is 1. The number of rotatable bonds is 16. The van der Waals surface area contributed by atoms with E-state index in [0.717, 1.165) is 93.9 Å². The number of esters is 1. The second kappa shape index (κ2) is 15.4. The van der Waals surface area contributed by atoms with Crippen LogP contribution in [0, 0.1) is 23.2 Å². The molecule has 0 amide bonds. The molecule has 0 bridgehead atoms. The third-order valence-corrected chi connectivity index (χ3v) is 12.2. The molecule has 2 fully saturated rings. The van der Waals surface area contributed by atoms with Crippen LogP contribution in [0.25, 0.3) is 0 Å². The number of carbonyl (C=O) groups is 1. The Labute approximate surface area is 272 Å². The Morgan fingerprint density at radius 3 is 2.24 bits per heavy atom. The van der Waals surface area contributed by atoms with E-state index in [9.17, 15) is 39.7 Å². The predicted molar refractivity (Wildman–Crippen MR) is 169 cm³/mol. The lowest BCUT2D eigenvalue weighted by atomic mass is 9.51. The molecular weight excluding hydrogens is 635 g/mol. The summed E-state index contributed by atoms with van der Waals surface area (Å²) in [4.78, 5) is 11.9. The molecule has 0 aromatic heterocycles. The second-order valence-corrected chi connectivity index (χ2v) is 15.4. The van der Waals surface area contributed by atoms with Gasteiger partial charge in [-0.1, -0.05) is 63.6 Å². The third-order valence-electron chi connectivity index (χ3n) is 11.1. The molecular formula is C34H48BF8O2S-. The predicted octanol–water partition coefficient (Wildman–Crippen LogP) is 10.6. The van der Waals surface area contributed by atoms with Crippen LogP contribution in [0.3, 0.4) is 0 Å². The fourth-order valence-corrected chi connectivity index (χ4v) is 9.74. The van der Waals surface area contributed by atoms with Crippen LogP contribution < -0.4 is 5.46 Å². The number of fused-ring (bicyclic) bond motifs is 5. The number of halogens is 8. The molecule has 4 rings (SSSR count). The van der Waals surface area contributed by atoms with Gasteiger partial charge >= 0.3 is 25.0 Å². The smallest absolute Gasteiger partial charge is 0.462 e. The number of thioether (sulfide) groups is 1. The molecule has 3 aliphatic carbocycles. The van der Waals surface area contributed by atoms with Crippen molar-refractivity contribution in [3.8, 4) is 0 Å². The summed E-state index contributed by atoms with van der Waals surface area (Å²) in [7, 11) is 0. The van der Waals surface area contributed by atoms with E-state index in [1.165, 1.54) is 30.8 Å². The zero-order valence-electron chi connectivity index (χ0n) is 27.0. The summed E-state index contributed by atoms with van der Waals surface area (Å²) in [6.07, 6.45) is 5.44. The maximum absolute atomic E-state index is 13.7. The van der Waals surface area contributed by atoms with Gasteiger partial charge < -0.3 is 17.7 Å². The van der Waals surface area contributed by atoms with Crippen LogP contribution in [0.4, 0.5) is 34.9 Å². The largest absolute Gasteiger partial charge is 0.509 e. The molecule has 0 unspecified atom stereocenters. The van der Waals surface area contributed by atoms with Gasteiger partial charge in [-0.2, -0.15) is 33.7 Å². The van der Waals surface area contributed by atoms with E-state index < -0.39 is 31.0 Å². The first kappa shape index (κ1) is 37.4. The normalized spacial score (nSPS) is 28.0. The van der Waals surface area contributed by atoms with Gasteiger partial charge in [0.1, 0.15) is 6.10 Å². The second-order valence-electron chi connectivity index (χ2n) is 14.2. The summed E-state index contributed by atoms with van der Waals surface area (Å²) < 4.78 is 109. The summed E-state index contributed by atoms with van der Waals surface area (Å²) in [6.45, 7) is -1.35. The van der Waals surface area contributed by atoms with E-state index >= 15 is 0 Å². The fraction of sp³-hybridized carbons (Fsp3) is 0.794. The van der Waals surface area contributed by atoms with Crippen LogP contribution in [-0.2, 0) is 16.0 Å². The maximum atomic E-state index is 13.7. The molecule has 2 saturated carbocycles. The zero-order chi connectivity index (χ0) is 33.8. The molecule has 0 spiro atoms. The molecule has 1 aromatic rings. The molecule has 0 radical (unpaired) electrons. The number of hydrogen-bond donors (Lipinski definition) is 0. The van der Waals surface area contributed by atoms with Gasteiger partial charge in [0.2, 0.25) is 0 Å². The van der Waals surface area contributed by atoms with Gasteiger partial charge in [-0.3, -0.25) is 4.79 Å². The van der Waals surface area contributed by atoms with Gasteiger partial charge in [0.15, 0.2) is 0 Å². The van der Waals surface area contributed by atoms with Crippen molar-refractivity contribution in [1.29, 1.82) is 0 Å². The van der Waals surface area contributed by atoms with E-state index in [1.807, 2.05) is 0 Å². The van der Waals surface area contributed by atoms with E-state index in [-0.39, 0.29) is 29.8 Å². The highest BCUT2D eigenvalue weighted by Crippen LogP contribution is 2.63. The van der Waals surface area contributed by atoms with Gasteiger partial charge in [0.05, 0.1) is 0 Å². The molecule has 0 N–H and O–H groups in total. The first-order chi connectivity index (χ1) is 21.5.